The van der Waals surface area contributed by atoms with E-state index in [1.165, 1.54) is 4.88 Å². The van der Waals surface area contributed by atoms with E-state index in [9.17, 15) is 5.11 Å². The number of aliphatic hydroxyl groups excluding tert-OH is 1. The van der Waals surface area contributed by atoms with Crippen LogP contribution in [0.1, 0.15) is 43.5 Å². The number of aromatic nitrogens is 1. The van der Waals surface area contributed by atoms with Crippen molar-refractivity contribution in [1.82, 2.24) is 10.3 Å². The maximum atomic E-state index is 9.46. The van der Waals surface area contributed by atoms with Gasteiger partial charge in [-0.05, 0) is 19.3 Å². The third kappa shape index (κ3) is 4.05. The lowest BCUT2D eigenvalue weighted by atomic mass is 9.83. The third-order valence-electron chi connectivity index (χ3n) is 3.56. The predicted octanol–water partition coefficient (Wildman–Crippen LogP) is 2.59. The van der Waals surface area contributed by atoms with E-state index in [0.29, 0.717) is 0 Å². The fourth-order valence-corrected chi connectivity index (χ4v) is 2.64. The molecular weight excluding hydrogens is 232 g/mol. The highest BCUT2D eigenvalue weighted by molar-refractivity contribution is 7.11. The Morgan fingerprint density at radius 3 is 2.53 bits per heavy atom. The molecule has 0 saturated heterocycles. The van der Waals surface area contributed by atoms with E-state index in [0.717, 1.165) is 37.4 Å². The molecule has 1 heterocycles. The third-order valence-corrected chi connectivity index (χ3v) is 4.70. The smallest absolute Gasteiger partial charge is 0.107 e. The molecule has 0 aliphatic heterocycles. The van der Waals surface area contributed by atoms with Gasteiger partial charge in [-0.15, -0.1) is 11.3 Å². The number of nitrogens with one attached hydrogen (secondary N) is 1. The Hall–Kier alpha value is -0.450. The minimum Gasteiger partial charge on any atom is -0.396 e. The summed E-state index contributed by atoms with van der Waals surface area (Å²) in [6, 6.07) is 0. The van der Waals surface area contributed by atoms with Crippen molar-refractivity contribution in [2.45, 2.75) is 46.6 Å². The summed E-state index contributed by atoms with van der Waals surface area (Å²) in [5.74, 6) is 0. The van der Waals surface area contributed by atoms with E-state index < -0.39 is 0 Å². The molecule has 0 fully saturated rings. The van der Waals surface area contributed by atoms with Gasteiger partial charge in [-0.3, -0.25) is 0 Å². The second-order valence-corrected chi connectivity index (χ2v) is 5.74. The lowest BCUT2D eigenvalue weighted by molar-refractivity contribution is 0.113. The van der Waals surface area contributed by atoms with Crippen LogP contribution in [0.25, 0.3) is 0 Å². The summed E-state index contributed by atoms with van der Waals surface area (Å²) in [5, 5.41) is 14.0. The summed E-state index contributed by atoms with van der Waals surface area (Å²) in [5.41, 5.74) is 0.0326. The van der Waals surface area contributed by atoms with E-state index in [2.05, 4.69) is 31.1 Å². The number of hydrogen-bond donors (Lipinski definition) is 2. The number of aryl methyl sites for hydroxylation is 1. The van der Waals surface area contributed by atoms with Crippen molar-refractivity contribution in [1.29, 1.82) is 0 Å². The molecule has 2 N–H and O–H groups in total. The van der Waals surface area contributed by atoms with Gasteiger partial charge in [0.2, 0.25) is 0 Å². The van der Waals surface area contributed by atoms with Gasteiger partial charge >= 0.3 is 0 Å². The van der Waals surface area contributed by atoms with Crippen LogP contribution in [0, 0.1) is 5.41 Å². The summed E-state index contributed by atoms with van der Waals surface area (Å²) in [6.07, 6.45) is 5.03. The fourth-order valence-electron chi connectivity index (χ4n) is 1.81. The Labute approximate surface area is 108 Å². The molecule has 0 saturated carbocycles. The predicted molar refractivity (Wildman–Crippen MR) is 73.3 cm³/mol. The zero-order valence-electron chi connectivity index (χ0n) is 11.1. The SMILES string of the molecule is CCc1cnc(CNCC(CC)(CC)CO)s1. The van der Waals surface area contributed by atoms with Crippen LogP contribution >= 0.6 is 11.3 Å². The Morgan fingerprint density at radius 1 is 1.35 bits per heavy atom. The van der Waals surface area contributed by atoms with Crippen LogP contribution in [-0.4, -0.2) is 23.2 Å². The van der Waals surface area contributed by atoms with Gasteiger partial charge in [0.05, 0.1) is 0 Å². The van der Waals surface area contributed by atoms with Crippen molar-refractivity contribution in [2.24, 2.45) is 5.41 Å². The Morgan fingerprint density at radius 2 is 2.06 bits per heavy atom. The number of thiazole rings is 1. The van der Waals surface area contributed by atoms with Crippen LogP contribution in [0.3, 0.4) is 0 Å². The molecule has 0 aliphatic rings. The van der Waals surface area contributed by atoms with Crippen molar-refractivity contribution >= 4 is 11.3 Å². The molecule has 0 aliphatic carbocycles. The highest BCUT2D eigenvalue weighted by atomic mass is 32.1. The number of hydrogen-bond acceptors (Lipinski definition) is 4. The fraction of sp³-hybridized carbons (Fsp3) is 0.769. The van der Waals surface area contributed by atoms with Gasteiger partial charge < -0.3 is 10.4 Å². The highest BCUT2D eigenvalue weighted by Crippen LogP contribution is 2.24. The molecule has 17 heavy (non-hydrogen) atoms. The lowest BCUT2D eigenvalue weighted by Gasteiger charge is -2.29. The average Bonchev–Trinajstić information content (AvgIpc) is 2.83. The summed E-state index contributed by atoms with van der Waals surface area (Å²) < 4.78 is 0. The molecule has 1 aromatic rings. The van der Waals surface area contributed by atoms with Gasteiger partial charge in [0.25, 0.3) is 0 Å². The van der Waals surface area contributed by atoms with E-state index in [-0.39, 0.29) is 12.0 Å². The zero-order valence-corrected chi connectivity index (χ0v) is 11.9. The molecule has 0 bridgehead atoms. The molecule has 4 heteroatoms. The van der Waals surface area contributed by atoms with Crippen molar-refractivity contribution in [3.05, 3.63) is 16.1 Å². The molecule has 0 spiro atoms. The van der Waals surface area contributed by atoms with Crippen LogP contribution in [0.2, 0.25) is 0 Å². The van der Waals surface area contributed by atoms with Crippen LogP contribution in [0.5, 0.6) is 0 Å². The van der Waals surface area contributed by atoms with Crippen molar-refractivity contribution in [3.8, 4) is 0 Å². The molecule has 0 atom stereocenters. The normalized spacial score (nSPS) is 12.0. The maximum Gasteiger partial charge on any atom is 0.107 e. The number of aliphatic hydroxyl groups is 1. The first-order valence-electron chi connectivity index (χ1n) is 6.44. The minimum atomic E-state index is 0.0326. The minimum absolute atomic E-state index is 0.0326. The molecule has 1 aromatic heterocycles. The van der Waals surface area contributed by atoms with Gasteiger partial charge in [-0.2, -0.15) is 0 Å². The Kier molecular flexibility index (Phi) is 6.09. The second-order valence-electron chi connectivity index (χ2n) is 4.54. The topological polar surface area (TPSA) is 45.2 Å². The summed E-state index contributed by atoms with van der Waals surface area (Å²) in [6.45, 7) is 8.35. The Balaban J connectivity index is 2.40. The van der Waals surface area contributed by atoms with E-state index in [1.807, 2.05) is 6.20 Å². The number of nitrogens with zero attached hydrogens (tertiary/aromatic N) is 1. The monoisotopic (exact) mass is 256 g/mol. The van der Waals surface area contributed by atoms with Crippen molar-refractivity contribution < 1.29 is 5.11 Å². The molecule has 0 unspecified atom stereocenters. The van der Waals surface area contributed by atoms with E-state index in [4.69, 9.17) is 0 Å². The van der Waals surface area contributed by atoms with Gasteiger partial charge in [0.1, 0.15) is 5.01 Å². The standard InChI is InChI=1S/C13H24N2OS/c1-4-11-7-15-12(17-11)8-14-9-13(5-2,6-3)10-16/h7,14,16H,4-6,8-10H2,1-3H3. The Bertz CT molecular complexity index is 313. The summed E-state index contributed by atoms with van der Waals surface area (Å²) in [4.78, 5) is 5.71. The highest BCUT2D eigenvalue weighted by Gasteiger charge is 2.24. The molecule has 3 nitrogen and oxygen atoms in total. The van der Waals surface area contributed by atoms with Gasteiger partial charge in [-0.1, -0.05) is 20.8 Å². The van der Waals surface area contributed by atoms with Crippen LogP contribution < -0.4 is 5.32 Å². The second kappa shape index (κ2) is 7.09. The molecule has 1 rings (SSSR count). The van der Waals surface area contributed by atoms with Crippen molar-refractivity contribution in [2.75, 3.05) is 13.2 Å². The van der Waals surface area contributed by atoms with Crippen LogP contribution in [0.15, 0.2) is 6.20 Å². The maximum absolute atomic E-state index is 9.46. The first kappa shape index (κ1) is 14.6. The van der Waals surface area contributed by atoms with E-state index >= 15 is 0 Å². The molecular formula is C13H24N2OS. The largest absolute Gasteiger partial charge is 0.396 e. The van der Waals surface area contributed by atoms with Crippen LogP contribution in [-0.2, 0) is 13.0 Å². The molecule has 0 amide bonds. The summed E-state index contributed by atoms with van der Waals surface area (Å²) >= 11 is 1.77. The summed E-state index contributed by atoms with van der Waals surface area (Å²) in [7, 11) is 0. The average molecular weight is 256 g/mol. The van der Waals surface area contributed by atoms with Gasteiger partial charge in [0.15, 0.2) is 0 Å². The van der Waals surface area contributed by atoms with Gasteiger partial charge in [-0.25, -0.2) is 4.98 Å². The lowest BCUT2D eigenvalue weighted by Crippen LogP contribution is -2.36. The van der Waals surface area contributed by atoms with E-state index in [1.54, 1.807) is 11.3 Å². The zero-order chi connectivity index (χ0) is 12.7. The van der Waals surface area contributed by atoms with Crippen LogP contribution in [0.4, 0.5) is 0 Å². The first-order valence-corrected chi connectivity index (χ1v) is 7.26. The molecule has 0 aromatic carbocycles. The molecule has 0 radical (unpaired) electrons. The van der Waals surface area contributed by atoms with Crippen molar-refractivity contribution in [3.63, 3.8) is 0 Å². The first-order chi connectivity index (χ1) is 8.19. The quantitative estimate of drug-likeness (QED) is 0.751. The number of rotatable bonds is 8. The van der Waals surface area contributed by atoms with Gasteiger partial charge in [0, 0.05) is 36.2 Å². The molecule has 98 valence electrons.